The fourth-order valence-corrected chi connectivity index (χ4v) is 2.42. The van der Waals surface area contributed by atoms with Crippen molar-refractivity contribution in [2.24, 2.45) is 12.0 Å². The van der Waals surface area contributed by atoms with Crippen molar-refractivity contribution >= 4 is 29.9 Å². The molecule has 0 radical (unpaired) electrons. The Kier molecular flexibility index (Phi) is 6.92. The number of hydrogen-bond donors (Lipinski definition) is 2. The molecule has 0 bridgehead atoms. The van der Waals surface area contributed by atoms with E-state index in [2.05, 4.69) is 38.3 Å². The second-order valence-electron chi connectivity index (χ2n) is 5.23. The number of aryl methyl sites for hydroxylation is 2. The van der Waals surface area contributed by atoms with Crippen molar-refractivity contribution in [3.63, 3.8) is 0 Å². The van der Waals surface area contributed by atoms with Gasteiger partial charge in [0, 0.05) is 50.8 Å². The molecule has 2 aromatic heterocycles. The maximum Gasteiger partial charge on any atom is 0.194 e. The average Bonchev–Trinajstić information content (AvgIpc) is 3.02. The van der Waals surface area contributed by atoms with Gasteiger partial charge in [-0.1, -0.05) is 0 Å². The van der Waals surface area contributed by atoms with Crippen LogP contribution in [0, 0.1) is 13.8 Å². The number of H-pyrrole nitrogens is 1. The second-order valence-corrected chi connectivity index (χ2v) is 5.23. The normalized spacial score (nSPS) is 11.2. The molecular weight excluding hydrogens is 391 g/mol. The number of aliphatic imine (C=N–C) groups is 1. The predicted molar refractivity (Wildman–Crippen MR) is 101 cm³/mol. The van der Waals surface area contributed by atoms with E-state index in [0.29, 0.717) is 0 Å². The number of hydrogen-bond acceptors (Lipinski definition) is 2. The summed E-state index contributed by atoms with van der Waals surface area (Å²) in [4.78, 5) is 9.63. The van der Waals surface area contributed by atoms with Gasteiger partial charge in [0.15, 0.2) is 5.96 Å². The largest absolute Gasteiger partial charge is 0.364 e. The van der Waals surface area contributed by atoms with Gasteiger partial charge < -0.3 is 15.2 Å². The van der Waals surface area contributed by atoms with Gasteiger partial charge in [0.05, 0.1) is 12.2 Å². The van der Waals surface area contributed by atoms with Gasteiger partial charge in [0.1, 0.15) is 0 Å². The van der Waals surface area contributed by atoms with Gasteiger partial charge in [-0.3, -0.25) is 9.67 Å². The van der Waals surface area contributed by atoms with E-state index >= 15 is 0 Å². The van der Waals surface area contributed by atoms with Crippen LogP contribution in [0.15, 0.2) is 23.3 Å². The number of aromatic nitrogens is 3. The van der Waals surface area contributed by atoms with Gasteiger partial charge in [-0.05, 0) is 26.0 Å². The highest BCUT2D eigenvalue weighted by Gasteiger charge is 2.12. The van der Waals surface area contributed by atoms with Gasteiger partial charge in [-0.25, -0.2) is 0 Å². The number of aromatic amines is 1. The highest BCUT2D eigenvalue weighted by molar-refractivity contribution is 14.0. The Bertz CT molecular complexity index is 614. The monoisotopic (exact) mass is 416 g/mol. The second kappa shape index (κ2) is 8.21. The summed E-state index contributed by atoms with van der Waals surface area (Å²) in [6.07, 6.45) is 1.93. The third-order valence-electron chi connectivity index (χ3n) is 3.73. The molecule has 0 amide bonds. The predicted octanol–water partition coefficient (Wildman–Crippen LogP) is 2.19. The summed E-state index contributed by atoms with van der Waals surface area (Å²) < 4.78 is 1.91. The van der Waals surface area contributed by atoms with Crippen LogP contribution in [0.25, 0.3) is 0 Å². The Morgan fingerprint density at radius 1 is 1.45 bits per heavy atom. The lowest BCUT2D eigenvalue weighted by Crippen LogP contribution is -2.38. The standard InChI is InChI=1S/C15H24N6.HI/c1-11-14(12(2)21(5)19-11)9-18-15(16-3)20(4)10-13-7-6-8-17-13;/h6-8,17H,9-10H2,1-5H3,(H,16,18);1H. The number of nitrogens with one attached hydrogen (secondary N) is 2. The van der Waals surface area contributed by atoms with Crippen molar-refractivity contribution in [3.8, 4) is 0 Å². The van der Waals surface area contributed by atoms with Gasteiger partial charge in [0.2, 0.25) is 0 Å². The number of rotatable bonds is 4. The molecule has 2 heterocycles. The minimum Gasteiger partial charge on any atom is -0.364 e. The summed E-state index contributed by atoms with van der Waals surface area (Å²) in [5.41, 5.74) is 4.63. The van der Waals surface area contributed by atoms with E-state index in [1.165, 1.54) is 11.3 Å². The molecule has 2 rings (SSSR count). The fraction of sp³-hybridized carbons (Fsp3) is 0.467. The molecule has 0 saturated heterocycles. The van der Waals surface area contributed by atoms with Crippen molar-refractivity contribution in [1.29, 1.82) is 0 Å². The molecule has 0 aliphatic heterocycles. The number of halogens is 1. The lowest BCUT2D eigenvalue weighted by molar-refractivity contribution is 0.470. The highest BCUT2D eigenvalue weighted by atomic mass is 127. The van der Waals surface area contributed by atoms with Crippen LogP contribution < -0.4 is 5.32 Å². The minimum absolute atomic E-state index is 0. The maximum absolute atomic E-state index is 4.44. The topological polar surface area (TPSA) is 61.2 Å². The highest BCUT2D eigenvalue weighted by Crippen LogP contribution is 2.11. The quantitative estimate of drug-likeness (QED) is 0.457. The van der Waals surface area contributed by atoms with Crippen molar-refractivity contribution in [2.75, 3.05) is 14.1 Å². The first-order chi connectivity index (χ1) is 10.0. The summed E-state index contributed by atoms with van der Waals surface area (Å²) in [5.74, 6) is 0.868. The van der Waals surface area contributed by atoms with Crippen molar-refractivity contribution < 1.29 is 0 Å². The Labute approximate surface area is 149 Å². The first kappa shape index (κ1) is 18.5. The molecular formula is C15H25IN6. The lowest BCUT2D eigenvalue weighted by Gasteiger charge is -2.21. The first-order valence-corrected chi connectivity index (χ1v) is 7.06. The zero-order chi connectivity index (χ0) is 15.4. The molecule has 0 fully saturated rings. The van der Waals surface area contributed by atoms with Crippen LogP contribution >= 0.6 is 24.0 Å². The van der Waals surface area contributed by atoms with Crippen molar-refractivity contribution in [3.05, 3.63) is 41.0 Å². The van der Waals surface area contributed by atoms with Crippen LogP contribution in [0.5, 0.6) is 0 Å². The molecule has 2 aromatic rings. The molecule has 0 unspecified atom stereocenters. The summed E-state index contributed by atoms with van der Waals surface area (Å²) in [7, 11) is 5.80. The maximum atomic E-state index is 4.44. The SMILES string of the molecule is CN=C(NCc1c(C)nn(C)c1C)N(C)Cc1ccc[nH]1.I. The summed E-state index contributed by atoms with van der Waals surface area (Å²) in [6, 6.07) is 4.07. The molecule has 2 N–H and O–H groups in total. The summed E-state index contributed by atoms with van der Waals surface area (Å²) in [6.45, 7) is 5.64. The van der Waals surface area contributed by atoms with Crippen LogP contribution in [0.2, 0.25) is 0 Å². The van der Waals surface area contributed by atoms with E-state index in [9.17, 15) is 0 Å². The Balaban J connectivity index is 0.00000242. The van der Waals surface area contributed by atoms with E-state index in [1.807, 2.05) is 38.0 Å². The zero-order valence-electron chi connectivity index (χ0n) is 13.8. The smallest absolute Gasteiger partial charge is 0.194 e. The molecule has 0 spiro atoms. The lowest BCUT2D eigenvalue weighted by atomic mass is 10.2. The minimum atomic E-state index is 0. The van der Waals surface area contributed by atoms with Gasteiger partial charge in [0.25, 0.3) is 0 Å². The molecule has 22 heavy (non-hydrogen) atoms. The van der Waals surface area contributed by atoms with E-state index in [-0.39, 0.29) is 24.0 Å². The van der Waals surface area contributed by atoms with E-state index < -0.39 is 0 Å². The van der Waals surface area contributed by atoms with E-state index in [1.54, 1.807) is 7.05 Å². The van der Waals surface area contributed by atoms with Crippen LogP contribution in [0.1, 0.15) is 22.6 Å². The molecule has 0 saturated carbocycles. The van der Waals surface area contributed by atoms with Crippen molar-refractivity contribution in [1.82, 2.24) is 25.0 Å². The van der Waals surface area contributed by atoms with E-state index in [0.717, 1.165) is 30.4 Å². The average molecular weight is 416 g/mol. The van der Waals surface area contributed by atoms with Crippen LogP contribution in [0.3, 0.4) is 0 Å². The molecule has 0 aliphatic rings. The van der Waals surface area contributed by atoms with Crippen LogP contribution in [0.4, 0.5) is 0 Å². The zero-order valence-corrected chi connectivity index (χ0v) is 16.2. The molecule has 6 nitrogen and oxygen atoms in total. The van der Waals surface area contributed by atoms with Crippen LogP contribution in [-0.2, 0) is 20.1 Å². The molecule has 0 aromatic carbocycles. The van der Waals surface area contributed by atoms with E-state index in [4.69, 9.17) is 0 Å². The Hall–Kier alpha value is -1.51. The Morgan fingerprint density at radius 3 is 2.68 bits per heavy atom. The summed E-state index contributed by atoms with van der Waals surface area (Å²) >= 11 is 0. The molecule has 122 valence electrons. The number of nitrogens with zero attached hydrogens (tertiary/aromatic N) is 4. The fourth-order valence-electron chi connectivity index (χ4n) is 2.42. The van der Waals surface area contributed by atoms with Gasteiger partial charge in [-0.2, -0.15) is 5.10 Å². The summed E-state index contributed by atoms with van der Waals surface area (Å²) in [5, 5.41) is 7.84. The third-order valence-corrected chi connectivity index (χ3v) is 3.73. The molecule has 0 atom stereocenters. The van der Waals surface area contributed by atoms with Crippen molar-refractivity contribution in [2.45, 2.75) is 26.9 Å². The Morgan fingerprint density at radius 2 is 2.18 bits per heavy atom. The first-order valence-electron chi connectivity index (χ1n) is 7.06. The molecule has 0 aliphatic carbocycles. The third kappa shape index (κ3) is 4.25. The number of guanidine groups is 1. The van der Waals surface area contributed by atoms with Gasteiger partial charge in [-0.15, -0.1) is 24.0 Å². The van der Waals surface area contributed by atoms with Crippen LogP contribution in [-0.4, -0.2) is 39.7 Å². The van der Waals surface area contributed by atoms with Gasteiger partial charge >= 0.3 is 0 Å². The molecule has 7 heteroatoms.